The first-order chi connectivity index (χ1) is 10.1. The number of carbonyl (C=O) groups is 2. The van der Waals surface area contributed by atoms with Gasteiger partial charge in [0, 0.05) is 17.8 Å². The number of pyridine rings is 1. The van der Waals surface area contributed by atoms with Crippen molar-refractivity contribution < 1.29 is 19.1 Å². The minimum absolute atomic E-state index is 0.159. The summed E-state index contributed by atoms with van der Waals surface area (Å²) in [6.45, 7) is 3.78. The van der Waals surface area contributed by atoms with Gasteiger partial charge in [-0.2, -0.15) is 0 Å². The summed E-state index contributed by atoms with van der Waals surface area (Å²) in [5.41, 5.74) is 1.30. The zero-order valence-corrected chi connectivity index (χ0v) is 11.8. The molecule has 0 aliphatic rings. The summed E-state index contributed by atoms with van der Waals surface area (Å²) in [5.74, 6) is -0.602. The number of carbonyl (C=O) groups excluding carboxylic acids is 2. The Balaban J connectivity index is 2.06. The van der Waals surface area contributed by atoms with Crippen molar-refractivity contribution in [3.8, 4) is 11.6 Å². The number of aromatic nitrogens is 1. The van der Waals surface area contributed by atoms with Crippen molar-refractivity contribution in [1.82, 2.24) is 4.98 Å². The van der Waals surface area contributed by atoms with E-state index in [1.165, 1.54) is 18.3 Å². The summed E-state index contributed by atoms with van der Waals surface area (Å²) in [7, 11) is 0. The molecule has 1 aromatic heterocycles. The van der Waals surface area contributed by atoms with Crippen LogP contribution in [0.3, 0.4) is 0 Å². The van der Waals surface area contributed by atoms with E-state index in [2.05, 4.69) is 9.72 Å². The van der Waals surface area contributed by atoms with Gasteiger partial charge in [0.25, 0.3) is 5.78 Å². The van der Waals surface area contributed by atoms with Crippen molar-refractivity contribution in [2.45, 2.75) is 13.8 Å². The molecule has 0 fully saturated rings. The van der Waals surface area contributed by atoms with Crippen LogP contribution in [0.4, 0.5) is 0 Å². The fourth-order valence-electron chi connectivity index (χ4n) is 1.62. The van der Waals surface area contributed by atoms with E-state index in [0.29, 0.717) is 11.6 Å². The molecule has 0 amide bonds. The molecule has 0 bridgehead atoms. The number of ketones is 1. The summed E-state index contributed by atoms with van der Waals surface area (Å²) < 4.78 is 10.2. The Morgan fingerprint density at radius 2 is 1.81 bits per heavy atom. The molecule has 2 rings (SSSR count). The lowest BCUT2D eigenvalue weighted by Gasteiger charge is -2.05. The SMILES string of the molecule is CCOC(=O)C(=O)c1ccc(Oc2ccc(C)cc2)nc1. The third kappa shape index (κ3) is 3.89. The summed E-state index contributed by atoms with van der Waals surface area (Å²) in [4.78, 5) is 27.0. The minimum Gasteiger partial charge on any atom is -0.460 e. The predicted octanol–water partition coefficient (Wildman–Crippen LogP) is 2.93. The molecular formula is C16H15NO4. The number of Topliss-reactive ketones (excluding diaryl/α,β-unsaturated/α-hetero) is 1. The van der Waals surface area contributed by atoms with Gasteiger partial charge in [-0.25, -0.2) is 9.78 Å². The van der Waals surface area contributed by atoms with Gasteiger partial charge in [0.05, 0.1) is 6.61 Å². The van der Waals surface area contributed by atoms with Crippen molar-refractivity contribution in [2.75, 3.05) is 6.61 Å². The molecular weight excluding hydrogens is 270 g/mol. The fourth-order valence-corrected chi connectivity index (χ4v) is 1.62. The second kappa shape index (κ2) is 6.65. The monoisotopic (exact) mass is 285 g/mol. The Labute approximate surface area is 122 Å². The lowest BCUT2D eigenvalue weighted by Crippen LogP contribution is -2.17. The van der Waals surface area contributed by atoms with Crippen LogP contribution in [0.25, 0.3) is 0 Å². The minimum atomic E-state index is -0.883. The highest BCUT2D eigenvalue weighted by atomic mass is 16.5. The van der Waals surface area contributed by atoms with Crippen LogP contribution in [-0.4, -0.2) is 23.3 Å². The van der Waals surface area contributed by atoms with Crippen LogP contribution in [-0.2, 0) is 9.53 Å². The fraction of sp³-hybridized carbons (Fsp3) is 0.188. The lowest BCUT2D eigenvalue weighted by atomic mass is 10.2. The highest BCUT2D eigenvalue weighted by molar-refractivity contribution is 6.40. The van der Waals surface area contributed by atoms with E-state index in [1.807, 2.05) is 31.2 Å². The van der Waals surface area contributed by atoms with Crippen LogP contribution in [0.5, 0.6) is 11.6 Å². The maximum atomic E-state index is 11.7. The van der Waals surface area contributed by atoms with Gasteiger partial charge in [0.2, 0.25) is 5.88 Å². The molecule has 0 spiro atoms. The summed E-state index contributed by atoms with van der Waals surface area (Å²) in [6.07, 6.45) is 1.29. The molecule has 0 aliphatic heterocycles. The first-order valence-electron chi connectivity index (χ1n) is 6.52. The van der Waals surface area contributed by atoms with Crippen LogP contribution >= 0.6 is 0 Å². The van der Waals surface area contributed by atoms with Gasteiger partial charge in [0.15, 0.2) is 0 Å². The molecule has 0 aliphatic carbocycles. The summed E-state index contributed by atoms with van der Waals surface area (Å²) in [5, 5.41) is 0. The van der Waals surface area contributed by atoms with Crippen LogP contribution in [0, 0.1) is 6.92 Å². The first-order valence-corrected chi connectivity index (χ1v) is 6.52. The molecule has 21 heavy (non-hydrogen) atoms. The number of benzene rings is 1. The molecule has 108 valence electrons. The maximum absolute atomic E-state index is 11.7. The van der Waals surface area contributed by atoms with Crippen LogP contribution in [0.1, 0.15) is 22.8 Å². The number of hydrogen-bond acceptors (Lipinski definition) is 5. The summed E-state index contributed by atoms with van der Waals surface area (Å²) >= 11 is 0. The van der Waals surface area contributed by atoms with Crippen molar-refractivity contribution in [3.63, 3.8) is 0 Å². The third-order valence-corrected chi connectivity index (χ3v) is 2.70. The van der Waals surface area contributed by atoms with Crippen LogP contribution < -0.4 is 4.74 Å². The second-order valence-electron chi connectivity index (χ2n) is 4.35. The molecule has 0 atom stereocenters. The highest BCUT2D eigenvalue weighted by Crippen LogP contribution is 2.19. The zero-order chi connectivity index (χ0) is 15.2. The van der Waals surface area contributed by atoms with Crippen LogP contribution in [0.2, 0.25) is 0 Å². The van der Waals surface area contributed by atoms with E-state index in [4.69, 9.17) is 4.74 Å². The van der Waals surface area contributed by atoms with E-state index in [0.717, 1.165) is 5.56 Å². The maximum Gasteiger partial charge on any atom is 0.379 e. The van der Waals surface area contributed by atoms with E-state index >= 15 is 0 Å². The Morgan fingerprint density at radius 3 is 2.38 bits per heavy atom. The molecule has 0 saturated heterocycles. The zero-order valence-electron chi connectivity index (χ0n) is 11.8. The molecule has 5 nitrogen and oxygen atoms in total. The number of nitrogens with zero attached hydrogens (tertiary/aromatic N) is 1. The Hall–Kier alpha value is -2.69. The summed E-state index contributed by atoms with van der Waals surface area (Å²) in [6, 6.07) is 10.5. The van der Waals surface area contributed by atoms with Gasteiger partial charge in [-0.05, 0) is 32.0 Å². The van der Waals surface area contributed by atoms with E-state index < -0.39 is 11.8 Å². The smallest absolute Gasteiger partial charge is 0.379 e. The lowest BCUT2D eigenvalue weighted by molar-refractivity contribution is -0.137. The topological polar surface area (TPSA) is 65.5 Å². The Morgan fingerprint density at radius 1 is 1.10 bits per heavy atom. The van der Waals surface area contributed by atoms with Crippen molar-refractivity contribution in [2.24, 2.45) is 0 Å². The number of ether oxygens (including phenoxy) is 2. The average molecular weight is 285 g/mol. The molecule has 5 heteroatoms. The standard InChI is InChI=1S/C16H15NO4/c1-3-20-16(19)15(18)12-6-9-14(17-10-12)21-13-7-4-11(2)5-8-13/h4-10H,3H2,1-2H3. The third-order valence-electron chi connectivity index (χ3n) is 2.70. The van der Waals surface area contributed by atoms with Crippen molar-refractivity contribution in [3.05, 3.63) is 53.7 Å². The number of aryl methyl sites for hydroxylation is 1. The molecule has 0 radical (unpaired) electrons. The van der Waals surface area contributed by atoms with E-state index in [-0.39, 0.29) is 12.2 Å². The Kier molecular flexibility index (Phi) is 4.66. The van der Waals surface area contributed by atoms with Gasteiger partial charge in [-0.1, -0.05) is 17.7 Å². The number of rotatable bonds is 5. The molecule has 1 aromatic carbocycles. The van der Waals surface area contributed by atoms with Crippen molar-refractivity contribution >= 4 is 11.8 Å². The molecule has 1 heterocycles. The molecule has 2 aromatic rings. The largest absolute Gasteiger partial charge is 0.460 e. The molecule has 0 N–H and O–H groups in total. The predicted molar refractivity (Wildman–Crippen MR) is 76.5 cm³/mol. The van der Waals surface area contributed by atoms with Crippen molar-refractivity contribution in [1.29, 1.82) is 0 Å². The quantitative estimate of drug-likeness (QED) is 0.480. The van der Waals surface area contributed by atoms with E-state index in [1.54, 1.807) is 6.92 Å². The van der Waals surface area contributed by atoms with Gasteiger partial charge in [-0.15, -0.1) is 0 Å². The number of esters is 1. The second-order valence-corrected chi connectivity index (χ2v) is 4.35. The van der Waals surface area contributed by atoms with Gasteiger partial charge >= 0.3 is 5.97 Å². The first kappa shape index (κ1) is 14.7. The Bertz CT molecular complexity index is 632. The highest BCUT2D eigenvalue weighted by Gasteiger charge is 2.17. The van der Waals surface area contributed by atoms with E-state index in [9.17, 15) is 9.59 Å². The number of hydrogen-bond donors (Lipinski definition) is 0. The normalized spacial score (nSPS) is 10.0. The van der Waals surface area contributed by atoms with Gasteiger partial charge in [0.1, 0.15) is 5.75 Å². The van der Waals surface area contributed by atoms with Gasteiger partial charge in [-0.3, -0.25) is 4.79 Å². The van der Waals surface area contributed by atoms with Gasteiger partial charge < -0.3 is 9.47 Å². The van der Waals surface area contributed by atoms with Crippen LogP contribution in [0.15, 0.2) is 42.6 Å². The molecule has 0 unspecified atom stereocenters. The molecule has 0 saturated carbocycles. The average Bonchev–Trinajstić information content (AvgIpc) is 2.50.